The fraction of sp³-hybridized carbons (Fsp3) is 0.750. The average Bonchev–Trinajstić information content (AvgIpc) is 4.03. The maximum Gasteiger partial charge on any atom is 0.248 e. The number of carbonyl (C=O) groups is 7. The third-order valence-electron chi connectivity index (χ3n) is 15.0. The molecule has 0 radical (unpaired) electrons. The van der Waals surface area contributed by atoms with Crippen molar-refractivity contribution in [3.63, 3.8) is 0 Å². The number of aromatic hydroxyl groups is 1. The topological polar surface area (TPSA) is 423 Å². The van der Waals surface area contributed by atoms with Crippen LogP contribution in [-0.2, 0) is 33.6 Å². The van der Waals surface area contributed by atoms with Crippen LogP contribution in [-0.4, -0.2) is 214 Å². The number of phenolic OH excluding ortho intramolecular Hbond substituents is 1. The van der Waals surface area contributed by atoms with E-state index in [0.29, 0.717) is 29.7 Å². The average molecular weight is 1110 g/mol. The van der Waals surface area contributed by atoms with Gasteiger partial charge in [0.1, 0.15) is 60.4 Å². The number of hydrogen-bond donors (Lipinski definition) is 16. The van der Waals surface area contributed by atoms with Gasteiger partial charge < -0.3 is 93.9 Å². The molecule has 26 heteroatoms. The highest BCUT2D eigenvalue weighted by atomic mass is 16.5. The van der Waals surface area contributed by atoms with Gasteiger partial charge in [-0.15, -0.1) is 0 Å². The monoisotopic (exact) mass is 1110 g/mol. The number of rotatable bonds is 23. The number of nitrogens with zero attached hydrogens (tertiary/aromatic N) is 3. The second-order valence-corrected chi connectivity index (χ2v) is 21.4. The summed E-state index contributed by atoms with van der Waals surface area (Å²) in [5.41, 5.74) is 11.4. The van der Waals surface area contributed by atoms with E-state index < -0.39 is 152 Å². The Morgan fingerprint density at radius 1 is 0.731 bits per heavy atom. The van der Waals surface area contributed by atoms with E-state index in [1.54, 1.807) is 0 Å². The Labute approximate surface area is 455 Å². The summed E-state index contributed by atoms with van der Waals surface area (Å²) in [6, 6.07) is -6.82. The number of benzene rings is 1. The van der Waals surface area contributed by atoms with Gasteiger partial charge in [-0.05, 0) is 68.7 Å². The van der Waals surface area contributed by atoms with E-state index in [-0.39, 0.29) is 50.2 Å². The fourth-order valence-corrected chi connectivity index (χ4v) is 10.4. The number of hydroxylamine groups is 2. The Morgan fingerprint density at radius 3 is 1.97 bits per heavy atom. The zero-order valence-electron chi connectivity index (χ0n) is 45.4. The first-order valence-electron chi connectivity index (χ1n) is 27.5. The van der Waals surface area contributed by atoms with Crippen LogP contribution in [0.4, 0.5) is 0 Å². The highest BCUT2D eigenvalue weighted by molar-refractivity contribution is 5.98. The van der Waals surface area contributed by atoms with Gasteiger partial charge in [0.15, 0.2) is 0 Å². The molecule has 3 aliphatic rings. The van der Waals surface area contributed by atoms with Crippen LogP contribution in [0.1, 0.15) is 129 Å². The van der Waals surface area contributed by atoms with E-state index in [1.807, 2.05) is 0 Å². The lowest BCUT2D eigenvalue weighted by molar-refractivity contribution is -0.173. The molecule has 3 heterocycles. The third-order valence-corrected chi connectivity index (χ3v) is 15.0. The van der Waals surface area contributed by atoms with Crippen molar-refractivity contribution in [2.75, 3.05) is 32.7 Å². The van der Waals surface area contributed by atoms with Gasteiger partial charge in [0, 0.05) is 45.4 Å². The first-order valence-corrected chi connectivity index (χ1v) is 27.5. The van der Waals surface area contributed by atoms with Gasteiger partial charge in [-0.3, -0.25) is 33.6 Å². The second kappa shape index (κ2) is 31.6. The van der Waals surface area contributed by atoms with E-state index in [1.165, 1.54) is 18.6 Å². The maximum absolute atomic E-state index is 14.6. The van der Waals surface area contributed by atoms with Crippen LogP contribution in [0.5, 0.6) is 5.75 Å². The van der Waals surface area contributed by atoms with Gasteiger partial charge in [-0.2, -0.15) is 5.06 Å². The Balaban J connectivity index is 1.75. The van der Waals surface area contributed by atoms with Crippen LogP contribution in [0.2, 0.25) is 0 Å². The largest absolute Gasteiger partial charge is 0.508 e. The molecule has 18 N–H and O–H groups in total. The highest BCUT2D eigenvalue weighted by Gasteiger charge is 2.49. The van der Waals surface area contributed by atoms with Crippen LogP contribution >= 0.6 is 0 Å². The molecule has 1 aromatic carbocycles. The van der Waals surface area contributed by atoms with Crippen LogP contribution < -0.4 is 38.1 Å². The highest BCUT2D eigenvalue weighted by Crippen LogP contribution is 2.27. The van der Waals surface area contributed by atoms with Crippen molar-refractivity contribution in [2.45, 2.75) is 203 Å². The molecule has 16 atom stereocenters. The molecule has 78 heavy (non-hydrogen) atoms. The van der Waals surface area contributed by atoms with E-state index in [4.69, 9.17) is 11.5 Å². The summed E-state index contributed by atoms with van der Waals surface area (Å²) in [6.07, 6.45) is -8.31. The molecule has 0 bridgehead atoms. The molecule has 4 rings (SSSR count). The Hall–Kier alpha value is -5.13. The summed E-state index contributed by atoms with van der Waals surface area (Å²) in [4.78, 5) is 102. The standard InChI is InChI=1S/C52H88N10O16/c1-5-28(2)24-29(3)12-10-8-6-7-9-11-13-39(69)55-34-26-38(68)46(62(78)23-21-54)59-50(75)43-37(67)19-22-60(43)52(77)41(36(66)18-20-53)57-49(74)42(45(71)44(70)31-14-16-32(64)17-15-31)58-48(73)35-25-33(65)27-61(35)51(76)40(30(4)63)56-47(34)72/h14-17,28-30,33-38,40-46,63-68,70-71,78H,5-13,18-27,53-54H2,1-4H3,(H,55,69)(H,56,72)(H,57,74)(H,58,73)(H,59,75)/t28?,29?,30-,33-,34+,35+,36-,37+,38-,40+,41+,42+,43+,44+,45+,46-/m1/s1. The van der Waals surface area contributed by atoms with Crippen LogP contribution in [0.15, 0.2) is 24.3 Å². The summed E-state index contributed by atoms with van der Waals surface area (Å²) in [5, 5.41) is 113. The molecule has 3 fully saturated rings. The summed E-state index contributed by atoms with van der Waals surface area (Å²) < 4.78 is 0. The summed E-state index contributed by atoms with van der Waals surface area (Å²) in [6.45, 7) is 5.96. The SMILES string of the molecule is CCC(C)CC(C)CCCCCCCCC(=O)N[C@H]1C[C@@H](O)[C@@H](N(O)CCN)NC(=O)[C@@H]2[C@@H](O)CCN2C(=O)[C@H]([C@H](O)CCN)NC(=O)[C@H]([C@H](O)[C@@H](O)c2ccc(O)cc2)NC(=O)[C@@H]2C[C@@H](O)CN2C(=O)[C@H]([C@@H](C)O)NC1=O. The maximum atomic E-state index is 14.6. The van der Waals surface area contributed by atoms with Crippen LogP contribution in [0.3, 0.4) is 0 Å². The fourth-order valence-electron chi connectivity index (χ4n) is 10.4. The van der Waals surface area contributed by atoms with Gasteiger partial charge in [0.25, 0.3) is 0 Å². The molecular weight excluding hydrogens is 1020 g/mol. The van der Waals surface area contributed by atoms with Crippen molar-refractivity contribution >= 4 is 41.4 Å². The molecule has 0 aromatic heterocycles. The number of amides is 7. The van der Waals surface area contributed by atoms with Gasteiger partial charge in [0.05, 0.1) is 30.5 Å². The molecule has 7 amide bonds. The number of carbonyl (C=O) groups excluding carboxylic acids is 7. The normalized spacial score (nSPS) is 28.5. The third kappa shape index (κ3) is 18.5. The summed E-state index contributed by atoms with van der Waals surface area (Å²) in [5.74, 6) is -6.89. The van der Waals surface area contributed by atoms with Crippen molar-refractivity contribution < 1.29 is 79.6 Å². The molecule has 0 saturated carbocycles. The number of hydrogen-bond acceptors (Lipinski definition) is 19. The molecule has 0 spiro atoms. The van der Waals surface area contributed by atoms with E-state index in [9.17, 15) is 79.6 Å². The minimum Gasteiger partial charge on any atom is -0.508 e. The molecular formula is C52H88N10O16. The van der Waals surface area contributed by atoms with Crippen molar-refractivity contribution in [3.05, 3.63) is 29.8 Å². The Morgan fingerprint density at radius 2 is 1.35 bits per heavy atom. The van der Waals surface area contributed by atoms with Gasteiger partial charge in [-0.1, -0.05) is 77.8 Å². The van der Waals surface area contributed by atoms with Crippen molar-refractivity contribution in [1.29, 1.82) is 0 Å². The van der Waals surface area contributed by atoms with Crippen LogP contribution in [0.25, 0.3) is 0 Å². The molecule has 442 valence electrons. The molecule has 2 unspecified atom stereocenters. The quantitative estimate of drug-likeness (QED) is 0.0379. The summed E-state index contributed by atoms with van der Waals surface area (Å²) >= 11 is 0. The molecule has 3 aliphatic heterocycles. The van der Waals surface area contributed by atoms with E-state index in [2.05, 4.69) is 47.4 Å². The lowest BCUT2D eigenvalue weighted by Gasteiger charge is -2.36. The van der Waals surface area contributed by atoms with Crippen LogP contribution in [0, 0.1) is 11.8 Å². The molecule has 1 aromatic rings. The number of phenols is 1. The first-order chi connectivity index (χ1) is 36.9. The smallest absolute Gasteiger partial charge is 0.248 e. The zero-order valence-corrected chi connectivity index (χ0v) is 45.4. The summed E-state index contributed by atoms with van der Waals surface area (Å²) in [7, 11) is 0. The van der Waals surface area contributed by atoms with Crippen molar-refractivity contribution in [3.8, 4) is 5.75 Å². The minimum absolute atomic E-state index is 0.0735. The Bertz CT molecular complexity index is 2110. The first kappa shape index (κ1) is 65.4. The van der Waals surface area contributed by atoms with E-state index in [0.717, 1.165) is 67.4 Å². The van der Waals surface area contributed by atoms with Crippen molar-refractivity contribution in [2.24, 2.45) is 23.3 Å². The number of aliphatic hydroxyl groups excluding tert-OH is 7. The second-order valence-electron chi connectivity index (χ2n) is 21.4. The Kier molecular flexibility index (Phi) is 26.5. The van der Waals surface area contributed by atoms with E-state index >= 15 is 0 Å². The lowest BCUT2D eigenvalue weighted by Crippen LogP contribution is -2.65. The van der Waals surface area contributed by atoms with Gasteiger partial charge in [0.2, 0.25) is 41.4 Å². The number of unbranched alkanes of at least 4 members (excludes halogenated alkanes) is 5. The molecule has 0 aliphatic carbocycles. The number of nitrogens with one attached hydrogen (secondary N) is 5. The minimum atomic E-state index is -2.30. The zero-order chi connectivity index (χ0) is 58.0. The predicted octanol–water partition coefficient (Wildman–Crippen LogP) is -3.21. The van der Waals surface area contributed by atoms with Gasteiger partial charge in [-0.25, -0.2) is 0 Å². The number of aliphatic hydroxyl groups is 7. The predicted molar refractivity (Wildman–Crippen MR) is 281 cm³/mol. The van der Waals surface area contributed by atoms with Gasteiger partial charge >= 0.3 is 0 Å². The number of fused-ring (bicyclic) bond motifs is 2. The van der Waals surface area contributed by atoms with Crippen molar-refractivity contribution in [1.82, 2.24) is 41.4 Å². The number of nitrogens with two attached hydrogens (primary N) is 2. The lowest BCUT2D eigenvalue weighted by atomic mass is 9.91. The molecule has 3 saturated heterocycles. The molecule has 26 nitrogen and oxygen atoms in total.